The Hall–Kier alpha value is -1.26. The molecule has 19 heavy (non-hydrogen) atoms. The Morgan fingerprint density at radius 1 is 1.16 bits per heavy atom. The second-order valence-corrected chi connectivity index (χ2v) is 6.73. The molecule has 108 valence electrons. The van der Waals surface area contributed by atoms with Crippen LogP contribution in [0, 0.1) is 10.8 Å². The highest BCUT2D eigenvalue weighted by atomic mass is 16.4. The minimum absolute atomic E-state index is 0.0656. The van der Waals surface area contributed by atoms with Gasteiger partial charge in [0.25, 0.3) is 0 Å². The number of amides is 1. The summed E-state index contributed by atoms with van der Waals surface area (Å²) in [5, 5.41) is 12.1. The summed E-state index contributed by atoms with van der Waals surface area (Å²) in [5.41, 5.74) is 5.40. The van der Waals surface area contributed by atoms with Crippen LogP contribution in [-0.4, -0.2) is 34.9 Å². The van der Waals surface area contributed by atoms with Crippen molar-refractivity contribution in [2.75, 3.05) is 13.1 Å². The minimum Gasteiger partial charge on any atom is -0.409 e. The predicted octanol–water partition coefficient (Wildman–Crippen LogP) is 1.94. The van der Waals surface area contributed by atoms with Gasteiger partial charge in [0, 0.05) is 13.1 Å². The summed E-state index contributed by atoms with van der Waals surface area (Å²) in [6, 6.07) is 0. The molecular weight excluding hydrogens is 242 g/mol. The summed E-state index contributed by atoms with van der Waals surface area (Å²) >= 11 is 0. The highest BCUT2D eigenvalue weighted by Crippen LogP contribution is 2.41. The van der Waals surface area contributed by atoms with E-state index in [0.717, 1.165) is 38.8 Å². The maximum atomic E-state index is 12.8. The van der Waals surface area contributed by atoms with E-state index in [1.807, 2.05) is 4.90 Å². The van der Waals surface area contributed by atoms with Crippen LogP contribution in [0.25, 0.3) is 0 Å². The topological polar surface area (TPSA) is 78.9 Å². The number of piperidine rings is 1. The minimum atomic E-state index is -0.740. The lowest BCUT2D eigenvalue weighted by molar-refractivity contribution is -0.140. The average molecular weight is 267 g/mol. The zero-order valence-corrected chi connectivity index (χ0v) is 12.0. The van der Waals surface area contributed by atoms with E-state index < -0.39 is 5.41 Å². The first-order valence-corrected chi connectivity index (χ1v) is 7.19. The first kappa shape index (κ1) is 14.2. The summed E-state index contributed by atoms with van der Waals surface area (Å²) in [5.74, 6) is 0.163. The van der Waals surface area contributed by atoms with Crippen LogP contribution in [0.5, 0.6) is 0 Å². The van der Waals surface area contributed by atoms with Crippen molar-refractivity contribution in [3.05, 3.63) is 0 Å². The first-order valence-electron chi connectivity index (χ1n) is 7.19. The number of oxime groups is 1. The normalized spacial score (nSPS) is 26.4. The van der Waals surface area contributed by atoms with Crippen molar-refractivity contribution in [2.45, 2.75) is 52.4 Å². The van der Waals surface area contributed by atoms with Crippen molar-refractivity contribution in [3.8, 4) is 0 Å². The molecule has 1 aliphatic carbocycles. The van der Waals surface area contributed by atoms with Crippen LogP contribution in [0.2, 0.25) is 0 Å². The van der Waals surface area contributed by atoms with Gasteiger partial charge in [0.2, 0.25) is 5.91 Å². The van der Waals surface area contributed by atoms with E-state index in [9.17, 15) is 4.79 Å². The quantitative estimate of drug-likeness (QED) is 0.347. The molecule has 5 heteroatoms. The molecule has 1 heterocycles. The maximum Gasteiger partial charge on any atom is 0.236 e. The first-order chi connectivity index (χ1) is 8.91. The van der Waals surface area contributed by atoms with Gasteiger partial charge in [0.1, 0.15) is 5.41 Å². The van der Waals surface area contributed by atoms with Crippen molar-refractivity contribution in [1.29, 1.82) is 0 Å². The molecule has 2 fully saturated rings. The van der Waals surface area contributed by atoms with Gasteiger partial charge in [-0.2, -0.15) is 0 Å². The van der Waals surface area contributed by atoms with Crippen LogP contribution in [0.4, 0.5) is 0 Å². The van der Waals surface area contributed by atoms with E-state index in [1.54, 1.807) is 0 Å². The fraction of sp³-hybridized carbons (Fsp3) is 0.857. The molecule has 0 aromatic carbocycles. The molecule has 0 radical (unpaired) electrons. The second kappa shape index (κ2) is 5.02. The number of nitrogens with zero attached hydrogens (tertiary/aromatic N) is 2. The zero-order valence-electron chi connectivity index (χ0n) is 12.0. The van der Waals surface area contributed by atoms with Gasteiger partial charge >= 0.3 is 0 Å². The molecule has 0 unspecified atom stereocenters. The maximum absolute atomic E-state index is 12.8. The molecule has 1 amide bonds. The van der Waals surface area contributed by atoms with Crippen molar-refractivity contribution in [2.24, 2.45) is 21.7 Å². The van der Waals surface area contributed by atoms with Gasteiger partial charge in [-0.1, -0.05) is 31.8 Å². The van der Waals surface area contributed by atoms with Crippen LogP contribution in [0.3, 0.4) is 0 Å². The molecule has 0 aromatic heterocycles. The monoisotopic (exact) mass is 267 g/mol. The third-order valence-corrected chi connectivity index (χ3v) is 4.87. The third-order valence-electron chi connectivity index (χ3n) is 4.87. The van der Waals surface area contributed by atoms with Gasteiger partial charge in [-0.25, -0.2) is 0 Å². The number of hydrogen-bond acceptors (Lipinski definition) is 3. The highest BCUT2D eigenvalue weighted by Gasteiger charge is 2.48. The Balaban J connectivity index is 2.13. The summed E-state index contributed by atoms with van der Waals surface area (Å²) in [4.78, 5) is 14.7. The molecule has 0 spiro atoms. The molecule has 1 saturated carbocycles. The van der Waals surface area contributed by atoms with Crippen LogP contribution >= 0.6 is 0 Å². The van der Waals surface area contributed by atoms with E-state index in [1.165, 1.54) is 0 Å². The number of amidine groups is 1. The Morgan fingerprint density at radius 2 is 1.68 bits per heavy atom. The number of likely N-dealkylation sites (tertiary alicyclic amines) is 1. The molecule has 5 nitrogen and oxygen atoms in total. The Bertz CT molecular complexity index is 374. The Morgan fingerprint density at radius 3 is 2.16 bits per heavy atom. The van der Waals surface area contributed by atoms with Crippen LogP contribution < -0.4 is 5.73 Å². The van der Waals surface area contributed by atoms with Crippen molar-refractivity contribution < 1.29 is 10.0 Å². The SMILES string of the molecule is CC1(C)CCN(C(=O)C2(C(N)=NO)CCCC2)CC1. The van der Waals surface area contributed by atoms with Gasteiger partial charge in [0.15, 0.2) is 5.84 Å². The summed E-state index contributed by atoms with van der Waals surface area (Å²) in [7, 11) is 0. The standard InChI is InChI=1S/C14H25N3O2/c1-13(2)7-9-17(10-8-13)12(18)14(11(15)16-19)5-3-4-6-14/h19H,3-10H2,1-2H3,(H2,15,16). The molecule has 0 atom stereocenters. The number of carbonyl (C=O) groups is 1. The highest BCUT2D eigenvalue weighted by molar-refractivity contribution is 6.07. The van der Waals surface area contributed by atoms with Gasteiger partial charge < -0.3 is 15.8 Å². The fourth-order valence-electron chi connectivity index (χ4n) is 3.27. The zero-order chi connectivity index (χ0) is 14.1. The van der Waals surface area contributed by atoms with Gasteiger partial charge in [-0.15, -0.1) is 0 Å². The van der Waals surface area contributed by atoms with E-state index in [4.69, 9.17) is 10.9 Å². The van der Waals surface area contributed by atoms with Crippen molar-refractivity contribution in [1.82, 2.24) is 4.90 Å². The van der Waals surface area contributed by atoms with Gasteiger partial charge in [-0.3, -0.25) is 4.79 Å². The number of nitrogens with two attached hydrogens (primary N) is 1. The summed E-state index contributed by atoms with van der Waals surface area (Å²) in [6.45, 7) is 6.05. The fourth-order valence-corrected chi connectivity index (χ4v) is 3.27. The van der Waals surface area contributed by atoms with E-state index >= 15 is 0 Å². The molecule has 1 aliphatic heterocycles. The lowest BCUT2D eigenvalue weighted by atomic mass is 9.79. The van der Waals surface area contributed by atoms with Gasteiger partial charge in [-0.05, 0) is 31.1 Å². The second-order valence-electron chi connectivity index (χ2n) is 6.73. The Kier molecular flexibility index (Phi) is 3.74. The van der Waals surface area contributed by atoms with Crippen molar-refractivity contribution in [3.63, 3.8) is 0 Å². The number of hydrogen-bond donors (Lipinski definition) is 2. The molecular formula is C14H25N3O2. The van der Waals surface area contributed by atoms with Crippen LogP contribution in [-0.2, 0) is 4.79 Å². The molecule has 0 aromatic rings. The number of rotatable bonds is 2. The van der Waals surface area contributed by atoms with Crippen LogP contribution in [0.1, 0.15) is 52.4 Å². The lowest BCUT2D eigenvalue weighted by Crippen LogP contribution is -2.52. The van der Waals surface area contributed by atoms with E-state index in [0.29, 0.717) is 18.3 Å². The predicted molar refractivity (Wildman–Crippen MR) is 73.9 cm³/mol. The molecule has 3 N–H and O–H groups in total. The van der Waals surface area contributed by atoms with Crippen LogP contribution in [0.15, 0.2) is 5.16 Å². The summed E-state index contributed by atoms with van der Waals surface area (Å²) in [6.07, 6.45) is 5.40. The lowest BCUT2D eigenvalue weighted by Gasteiger charge is -2.40. The summed E-state index contributed by atoms with van der Waals surface area (Å²) < 4.78 is 0. The van der Waals surface area contributed by atoms with Gasteiger partial charge in [0.05, 0.1) is 0 Å². The molecule has 1 saturated heterocycles. The van der Waals surface area contributed by atoms with Crippen molar-refractivity contribution >= 4 is 11.7 Å². The van der Waals surface area contributed by atoms with E-state index in [-0.39, 0.29) is 11.7 Å². The number of carbonyl (C=O) groups excluding carboxylic acids is 1. The Labute approximate surface area is 114 Å². The molecule has 2 rings (SSSR count). The molecule has 0 bridgehead atoms. The van der Waals surface area contributed by atoms with E-state index in [2.05, 4.69) is 19.0 Å². The average Bonchev–Trinajstić information content (AvgIpc) is 2.87. The largest absolute Gasteiger partial charge is 0.409 e. The molecule has 2 aliphatic rings. The third kappa shape index (κ3) is 2.55. The smallest absolute Gasteiger partial charge is 0.236 e.